The molecule has 0 radical (unpaired) electrons. The van der Waals surface area contributed by atoms with Gasteiger partial charge in [-0.3, -0.25) is 4.99 Å². The van der Waals surface area contributed by atoms with Crippen LogP contribution in [-0.2, 0) is 0 Å². The van der Waals surface area contributed by atoms with Crippen LogP contribution in [0.2, 0.25) is 0 Å². The van der Waals surface area contributed by atoms with Gasteiger partial charge in [-0.25, -0.2) is 0 Å². The second kappa shape index (κ2) is 5.38. The van der Waals surface area contributed by atoms with E-state index in [0.717, 1.165) is 6.54 Å². The van der Waals surface area contributed by atoms with E-state index in [1.807, 2.05) is 19.0 Å². The van der Waals surface area contributed by atoms with E-state index in [0.29, 0.717) is 11.4 Å². The van der Waals surface area contributed by atoms with E-state index >= 15 is 0 Å². The molecule has 1 rings (SSSR count). The zero-order valence-electron chi connectivity index (χ0n) is 10.4. The van der Waals surface area contributed by atoms with Gasteiger partial charge in [-0.1, -0.05) is 26.2 Å². The van der Waals surface area contributed by atoms with Crippen molar-refractivity contribution in [3.63, 3.8) is 0 Å². The first-order valence-corrected chi connectivity index (χ1v) is 6.07. The van der Waals surface area contributed by atoms with Crippen molar-refractivity contribution in [3.05, 3.63) is 0 Å². The molecule has 0 atom stereocenters. The molecular weight excluding hydrogens is 186 g/mol. The first-order valence-electron chi connectivity index (χ1n) is 6.07. The third-order valence-corrected chi connectivity index (χ3v) is 3.70. The van der Waals surface area contributed by atoms with Gasteiger partial charge in [0.15, 0.2) is 5.96 Å². The standard InChI is InChI=1S/C12H25N3/c1-4-12(8-6-5-7-9-12)10-14-11(13)15(2)3/h4-10H2,1-3H3,(H2,13,14). The Morgan fingerprint density at radius 3 is 2.33 bits per heavy atom. The Labute approximate surface area is 93.7 Å². The normalized spacial score (nSPS) is 21.4. The largest absolute Gasteiger partial charge is 0.370 e. The maximum absolute atomic E-state index is 5.82. The summed E-state index contributed by atoms with van der Waals surface area (Å²) in [6.45, 7) is 3.19. The average Bonchev–Trinajstić information content (AvgIpc) is 2.27. The van der Waals surface area contributed by atoms with E-state index in [4.69, 9.17) is 5.73 Å². The molecule has 0 aromatic carbocycles. The summed E-state index contributed by atoms with van der Waals surface area (Å²) in [5.41, 5.74) is 6.27. The van der Waals surface area contributed by atoms with Crippen molar-refractivity contribution in [2.75, 3.05) is 20.6 Å². The van der Waals surface area contributed by atoms with Crippen molar-refractivity contribution < 1.29 is 0 Å². The topological polar surface area (TPSA) is 41.6 Å². The molecule has 0 spiro atoms. The summed E-state index contributed by atoms with van der Waals surface area (Å²) in [7, 11) is 3.89. The summed E-state index contributed by atoms with van der Waals surface area (Å²) in [5, 5.41) is 0. The second-order valence-corrected chi connectivity index (χ2v) is 4.98. The molecular formula is C12H25N3. The molecule has 0 unspecified atom stereocenters. The van der Waals surface area contributed by atoms with Crippen LogP contribution < -0.4 is 5.73 Å². The SMILES string of the molecule is CCC1(CN=C(N)N(C)C)CCCCC1. The van der Waals surface area contributed by atoms with Crippen molar-refractivity contribution in [2.45, 2.75) is 45.4 Å². The minimum Gasteiger partial charge on any atom is -0.370 e. The predicted octanol–water partition coefficient (Wildman–Crippen LogP) is 2.22. The van der Waals surface area contributed by atoms with E-state index in [2.05, 4.69) is 11.9 Å². The summed E-state index contributed by atoms with van der Waals surface area (Å²) in [5.74, 6) is 0.661. The number of guanidine groups is 1. The first-order chi connectivity index (χ1) is 7.09. The molecule has 1 aliphatic rings. The highest BCUT2D eigenvalue weighted by Gasteiger charge is 2.29. The molecule has 15 heavy (non-hydrogen) atoms. The van der Waals surface area contributed by atoms with Gasteiger partial charge < -0.3 is 10.6 Å². The van der Waals surface area contributed by atoms with Crippen LogP contribution in [0.25, 0.3) is 0 Å². The van der Waals surface area contributed by atoms with Gasteiger partial charge in [0.1, 0.15) is 0 Å². The number of nitrogens with two attached hydrogens (primary N) is 1. The lowest BCUT2D eigenvalue weighted by Crippen LogP contribution is -2.33. The van der Waals surface area contributed by atoms with Gasteiger partial charge in [0, 0.05) is 20.6 Å². The van der Waals surface area contributed by atoms with E-state index in [1.54, 1.807) is 0 Å². The van der Waals surface area contributed by atoms with E-state index in [9.17, 15) is 0 Å². The molecule has 88 valence electrons. The van der Waals surface area contributed by atoms with Crippen molar-refractivity contribution in [3.8, 4) is 0 Å². The molecule has 3 nitrogen and oxygen atoms in total. The summed E-state index contributed by atoms with van der Waals surface area (Å²) < 4.78 is 0. The Hall–Kier alpha value is -0.730. The average molecular weight is 211 g/mol. The number of rotatable bonds is 3. The molecule has 2 N–H and O–H groups in total. The lowest BCUT2D eigenvalue weighted by Gasteiger charge is -2.35. The molecule has 3 heteroatoms. The van der Waals surface area contributed by atoms with Crippen LogP contribution >= 0.6 is 0 Å². The smallest absolute Gasteiger partial charge is 0.190 e. The van der Waals surface area contributed by atoms with Gasteiger partial charge in [-0.2, -0.15) is 0 Å². The third kappa shape index (κ3) is 3.40. The fourth-order valence-corrected chi connectivity index (χ4v) is 2.32. The number of aliphatic imine (C=N–C) groups is 1. The van der Waals surface area contributed by atoms with Crippen molar-refractivity contribution >= 4 is 5.96 Å². The zero-order valence-corrected chi connectivity index (χ0v) is 10.4. The minimum atomic E-state index is 0.443. The summed E-state index contributed by atoms with van der Waals surface area (Å²) in [4.78, 5) is 6.39. The minimum absolute atomic E-state index is 0.443. The van der Waals surface area contributed by atoms with Crippen LogP contribution in [0.5, 0.6) is 0 Å². The van der Waals surface area contributed by atoms with Crippen LogP contribution in [0.15, 0.2) is 4.99 Å². The molecule has 0 aromatic heterocycles. The zero-order chi connectivity index (χ0) is 11.3. The van der Waals surface area contributed by atoms with Gasteiger partial charge in [0.2, 0.25) is 0 Å². The highest BCUT2D eigenvalue weighted by molar-refractivity contribution is 5.77. The van der Waals surface area contributed by atoms with Gasteiger partial charge in [-0.15, -0.1) is 0 Å². The lowest BCUT2D eigenvalue weighted by atomic mass is 9.72. The molecule has 0 bridgehead atoms. The maximum Gasteiger partial charge on any atom is 0.190 e. The predicted molar refractivity (Wildman–Crippen MR) is 66.0 cm³/mol. The second-order valence-electron chi connectivity index (χ2n) is 4.98. The molecule has 1 fully saturated rings. The van der Waals surface area contributed by atoms with E-state index in [1.165, 1.54) is 38.5 Å². The molecule has 0 heterocycles. The Kier molecular flexibility index (Phi) is 4.43. The van der Waals surface area contributed by atoms with Crippen LogP contribution in [0.1, 0.15) is 45.4 Å². The van der Waals surface area contributed by atoms with Gasteiger partial charge in [-0.05, 0) is 24.7 Å². The first kappa shape index (κ1) is 12.3. The summed E-state index contributed by atoms with van der Waals surface area (Å²) in [6.07, 6.45) is 8.02. The van der Waals surface area contributed by atoms with Crippen LogP contribution in [0.3, 0.4) is 0 Å². The Morgan fingerprint density at radius 2 is 1.87 bits per heavy atom. The van der Waals surface area contributed by atoms with Gasteiger partial charge >= 0.3 is 0 Å². The third-order valence-electron chi connectivity index (χ3n) is 3.70. The van der Waals surface area contributed by atoms with Crippen molar-refractivity contribution in [1.29, 1.82) is 0 Å². The highest BCUT2D eigenvalue weighted by atomic mass is 15.2. The molecule has 0 aliphatic heterocycles. The van der Waals surface area contributed by atoms with Gasteiger partial charge in [0.25, 0.3) is 0 Å². The molecule has 0 aromatic rings. The Morgan fingerprint density at radius 1 is 1.27 bits per heavy atom. The monoisotopic (exact) mass is 211 g/mol. The number of hydrogen-bond acceptors (Lipinski definition) is 1. The van der Waals surface area contributed by atoms with Crippen molar-refractivity contribution in [1.82, 2.24) is 4.90 Å². The number of hydrogen-bond donors (Lipinski definition) is 1. The fourth-order valence-electron chi connectivity index (χ4n) is 2.32. The summed E-state index contributed by atoms with van der Waals surface area (Å²) in [6, 6.07) is 0. The quantitative estimate of drug-likeness (QED) is 0.574. The summed E-state index contributed by atoms with van der Waals surface area (Å²) >= 11 is 0. The van der Waals surface area contributed by atoms with Gasteiger partial charge in [0.05, 0.1) is 0 Å². The van der Waals surface area contributed by atoms with Crippen LogP contribution in [-0.4, -0.2) is 31.5 Å². The van der Waals surface area contributed by atoms with E-state index < -0.39 is 0 Å². The maximum atomic E-state index is 5.82. The fraction of sp³-hybridized carbons (Fsp3) is 0.917. The Balaban J connectivity index is 2.56. The van der Waals surface area contributed by atoms with E-state index in [-0.39, 0.29) is 0 Å². The lowest BCUT2D eigenvalue weighted by molar-refractivity contribution is 0.191. The van der Waals surface area contributed by atoms with Crippen molar-refractivity contribution in [2.24, 2.45) is 16.1 Å². The molecule has 1 saturated carbocycles. The molecule has 1 aliphatic carbocycles. The highest BCUT2D eigenvalue weighted by Crippen LogP contribution is 2.39. The molecule has 0 saturated heterocycles. The number of nitrogens with zero attached hydrogens (tertiary/aromatic N) is 2. The van der Waals surface area contributed by atoms with Crippen LogP contribution in [0.4, 0.5) is 0 Å². The molecule has 0 amide bonds. The Bertz CT molecular complexity index is 215. The van der Waals surface area contributed by atoms with Crippen LogP contribution in [0, 0.1) is 5.41 Å².